The molecule has 0 aromatic heterocycles. The Labute approximate surface area is 167 Å². The number of anilines is 2. The average molecular weight is 407 g/mol. The average Bonchev–Trinajstić information content (AvgIpc) is 2.63. The van der Waals surface area contributed by atoms with Crippen LogP contribution in [0, 0.1) is 6.92 Å². The minimum atomic E-state index is -4.43. The molecule has 0 atom stereocenters. The minimum Gasteiger partial charge on any atom is -0.325 e. The van der Waals surface area contributed by atoms with Crippen LogP contribution < -0.4 is 10.6 Å². The molecule has 2 rings (SSSR count). The fourth-order valence-corrected chi connectivity index (χ4v) is 2.78. The first-order chi connectivity index (χ1) is 13.7. The molecule has 156 valence electrons. The van der Waals surface area contributed by atoms with Crippen molar-refractivity contribution in [2.45, 2.75) is 26.4 Å². The van der Waals surface area contributed by atoms with Gasteiger partial charge in [-0.05, 0) is 55.8 Å². The molecule has 0 heterocycles. The van der Waals surface area contributed by atoms with E-state index in [0.717, 1.165) is 24.1 Å². The highest BCUT2D eigenvalue weighted by Crippen LogP contribution is 2.29. The topological polar surface area (TPSA) is 61.4 Å². The molecule has 0 aliphatic heterocycles. The van der Waals surface area contributed by atoms with Gasteiger partial charge in [0.2, 0.25) is 11.8 Å². The minimum absolute atomic E-state index is 0.0304. The number of carbonyl (C=O) groups is 2. The number of aryl methyl sites for hydroxylation is 1. The molecule has 0 radical (unpaired) electrons. The third-order valence-electron chi connectivity index (χ3n) is 4.19. The van der Waals surface area contributed by atoms with E-state index in [-0.39, 0.29) is 24.7 Å². The van der Waals surface area contributed by atoms with Crippen molar-refractivity contribution in [3.8, 4) is 0 Å². The van der Waals surface area contributed by atoms with Gasteiger partial charge in [0.05, 0.1) is 18.7 Å². The Bertz CT molecular complexity index is 836. The Balaban J connectivity index is 1.92. The van der Waals surface area contributed by atoms with Crippen molar-refractivity contribution in [1.82, 2.24) is 4.90 Å². The van der Waals surface area contributed by atoms with Gasteiger partial charge in [-0.25, -0.2) is 0 Å². The Kier molecular flexibility index (Phi) is 7.78. The van der Waals surface area contributed by atoms with Crippen LogP contribution in [0.25, 0.3) is 0 Å². The Morgan fingerprint density at radius 1 is 0.931 bits per heavy atom. The maximum Gasteiger partial charge on any atom is 0.416 e. The van der Waals surface area contributed by atoms with E-state index in [0.29, 0.717) is 12.2 Å². The van der Waals surface area contributed by atoms with Gasteiger partial charge in [0, 0.05) is 11.4 Å². The number of hydrogen-bond acceptors (Lipinski definition) is 3. The fraction of sp³-hybridized carbons (Fsp3) is 0.333. The monoisotopic (exact) mass is 407 g/mol. The second-order valence-corrected chi connectivity index (χ2v) is 6.70. The molecule has 29 heavy (non-hydrogen) atoms. The summed E-state index contributed by atoms with van der Waals surface area (Å²) in [7, 11) is 0. The number of nitrogens with zero attached hydrogens (tertiary/aromatic N) is 1. The predicted octanol–water partition coefficient (Wildman–Crippen LogP) is 4.30. The largest absolute Gasteiger partial charge is 0.416 e. The second-order valence-electron chi connectivity index (χ2n) is 6.70. The molecule has 0 unspecified atom stereocenters. The highest BCUT2D eigenvalue weighted by Gasteiger charge is 2.30. The molecule has 0 spiro atoms. The molecule has 0 saturated heterocycles. The van der Waals surface area contributed by atoms with E-state index in [1.807, 2.05) is 32.0 Å². The maximum atomic E-state index is 12.6. The first kappa shape index (κ1) is 22.4. The summed E-state index contributed by atoms with van der Waals surface area (Å²) in [4.78, 5) is 26.3. The Morgan fingerprint density at radius 3 is 2.07 bits per heavy atom. The summed E-state index contributed by atoms with van der Waals surface area (Å²) in [6, 6.07) is 11.6. The Hall–Kier alpha value is -2.87. The van der Waals surface area contributed by atoms with Gasteiger partial charge in [-0.3, -0.25) is 14.5 Å². The zero-order valence-electron chi connectivity index (χ0n) is 16.3. The standard InChI is InChI=1S/C21H24F3N3O2/c1-3-12-27(14-20(29)26-18-7-5-4-6-15(18)2)13-19(28)25-17-10-8-16(9-11-17)21(22,23)24/h4-11H,3,12-14H2,1-2H3,(H,25,28)(H,26,29). The predicted molar refractivity (Wildman–Crippen MR) is 107 cm³/mol. The molecule has 8 heteroatoms. The van der Waals surface area contributed by atoms with Crippen LogP contribution in [-0.4, -0.2) is 36.3 Å². The van der Waals surface area contributed by atoms with Gasteiger partial charge >= 0.3 is 6.18 Å². The highest BCUT2D eigenvalue weighted by molar-refractivity contribution is 5.95. The third-order valence-corrected chi connectivity index (χ3v) is 4.19. The number of carbonyl (C=O) groups excluding carboxylic acids is 2. The van der Waals surface area contributed by atoms with Crippen molar-refractivity contribution < 1.29 is 22.8 Å². The number of alkyl halides is 3. The van der Waals surface area contributed by atoms with Crippen molar-refractivity contribution in [3.63, 3.8) is 0 Å². The van der Waals surface area contributed by atoms with Gasteiger partial charge in [-0.2, -0.15) is 13.2 Å². The van der Waals surface area contributed by atoms with E-state index in [4.69, 9.17) is 0 Å². The first-order valence-electron chi connectivity index (χ1n) is 9.24. The second kappa shape index (κ2) is 10.1. The molecule has 0 aliphatic carbocycles. The van der Waals surface area contributed by atoms with Crippen LogP contribution in [0.3, 0.4) is 0 Å². The smallest absolute Gasteiger partial charge is 0.325 e. The number of benzene rings is 2. The molecule has 0 aliphatic rings. The van der Waals surface area contributed by atoms with Crippen LogP contribution in [0.4, 0.5) is 24.5 Å². The van der Waals surface area contributed by atoms with Crippen LogP contribution >= 0.6 is 0 Å². The normalized spacial score (nSPS) is 11.4. The van der Waals surface area contributed by atoms with Gasteiger partial charge < -0.3 is 10.6 Å². The molecule has 0 bridgehead atoms. The summed E-state index contributed by atoms with van der Waals surface area (Å²) in [5, 5.41) is 5.39. The number of nitrogens with one attached hydrogen (secondary N) is 2. The lowest BCUT2D eigenvalue weighted by molar-refractivity contribution is -0.137. The van der Waals surface area contributed by atoms with Crippen molar-refractivity contribution in [1.29, 1.82) is 0 Å². The molecule has 5 nitrogen and oxygen atoms in total. The summed E-state index contributed by atoms with van der Waals surface area (Å²) in [5.41, 5.74) is 1.13. The molecule has 2 aromatic carbocycles. The van der Waals surface area contributed by atoms with E-state index in [9.17, 15) is 22.8 Å². The van der Waals surface area contributed by atoms with Crippen LogP contribution in [0.5, 0.6) is 0 Å². The van der Waals surface area contributed by atoms with E-state index >= 15 is 0 Å². The van der Waals surface area contributed by atoms with Gasteiger partial charge in [0.25, 0.3) is 0 Å². The zero-order valence-corrected chi connectivity index (χ0v) is 16.3. The van der Waals surface area contributed by atoms with Gasteiger partial charge in [0.15, 0.2) is 0 Å². The third kappa shape index (κ3) is 7.23. The number of amides is 2. The van der Waals surface area contributed by atoms with Crippen LogP contribution in [0.2, 0.25) is 0 Å². The summed E-state index contributed by atoms with van der Waals surface area (Å²) in [5.74, 6) is -0.642. The molecule has 2 aromatic rings. The summed E-state index contributed by atoms with van der Waals surface area (Å²) in [6.07, 6.45) is -3.68. The van der Waals surface area contributed by atoms with E-state index in [1.165, 1.54) is 12.1 Å². The number of hydrogen-bond donors (Lipinski definition) is 2. The molecule has 0 saturated carbocycles. The van der Waals surface area contributed by atoms with E-state index < -0.39 is 17.6 Å². The fourth-order valence-electron chi connectivity index (χ4n) is 2.78. The Morgan fingerprint density at radius 2 is 1.52 bits per heavy atom. The molecular formula is C21H24F3N3O2. The van der Waals surface area contributed by atoms with Gasteiger partial charge in [-0.1, -0.05) is 25.1 Å². The molecule has 2 amide bonds. The summed E-state index contributed by atoms with van der Waals surface area (Å²) in [6.45, 7) is 4.33. The SMILES string of the molecule is CCCN(CC(=O)Nc1ccc(C(F)(F)F)cc1)CC(=O)Nc1ccccc1C. The van der Waals surface area contributed by atoms with Crippen LogP contribution in [0.1, 0.15) is 24.5 Å². The summed E-state index contributed by atoms with van der Waals surface area (Å²) < 4.78 is 37.8. The molecule has 2 N–H and O–H groups in total. The lowest BCUT2D eigenvalue weighted by Gasteiger charge is -2.21. The molecular weight excluding hydrogens is 383 g/mol. The van der Waals surface area contributed by atoms with Gasteiger partial charge in [0.1, 0.15) is 0 Å². The van der Waals surface area contributed by atoms with Gasteiger partial charge in [-0.15, -0.1) is 0 Å². The van der Waals surface area contributed by atoms with E-state index in [2.05, 4.69) is 10.6 Å². The van der Waals surface area contributed by atoms with E-state index in [1.54, 1.807) is 11.0 Å². The van der Waals surface area contributed by atoms with Crippen LogP contribution in [-0.2, 0) is 15.8 Å². The zero-order chi connectivity index (χ0) is 21.4. The molecule has 0 fully saturated rings. The first-order valence-corrected chi connectivity index (χ1v) is 9.24. The van der Waals surface area contributed by atoms with Crippen molar-refractivity contribution in [2.75, 3.05) is 30.3 Å². The van der Waals surface area contributed by atoms with Crippen molar-refractivity contribution in [2.24, 2.45) is 0 Å². The quantitative estimate of drug-likeness (QED) is 0.686. The van der Waals surface area contributed by atoms with Crippen LogP contribution in [0.15, 0.2) is 48.5 Å². The maximum absolute atomic E-state index is 12.6. The lowest BCUT2D eigenvalue weighted by Crippen LogP contribution is -2.39. The van der Waals surface area contributed by atoms with Crippen molar-refractivity contribution >= 4 is 23.2 Å². The lowest BCUT2D eigenvalue weighted by atomic mass is 10.2. The summed E-state index contributed by atoms with van der Waals surface area (Å²) >= 11 is 0. The highest BCUT2D eigenvalue weighted by atomic mass is 19.4. The number of rotatable bonds is 8. The van der Waals surface area contributed by atoms with Crippen molar-refractivity contribution in [3.05, 3.63) is 59.7 Å². The number of halogens is 3. The number of para-hydroxylation sites is 1.